The molecule has 0 saturated heterocycles. The fourth-order valence-electron chi connectivity index (χ4n) is 2.85. The molecule has 0 aliphatic carbocycles. The second kappa shape index (κ2) is 7.86. The third-order valence-corrected chi connectivity index (χ3v) is 4.12. The van der Waals surface area contributed by atoms with Crippen LogP contribution in [0, 0.1) is 13.8 Å². The summed E-state index contributed by atoms with van der Waals surface area (Å²) < 4.78 is 2.16. The van der Waals surface area contributed by atoms with Gasteiger partial charge in [0.05, 0.1) is 6.54 Å². The molecule has 3 nitrogen and oxygen atoms in total. The van der Waals surface area contributed by atoms with Gasteiger partial charge >= 0.3 is 0 Å². The predicted octanol–water partition coefficient (Wildman–Crippen LogP) is 3.78. The van der Waals surface area contributed by atoms with Crippen LogP contribution in [0.3, 0.4) is 0 Å². The van der Waals surface area contributed by atoms with E-state index in [0.29, 0.717) is 6.54 Å². The molecule has 0 bridgehead atoms. The van der Waals surface area contributed by atoms with E-state index in [9.17, 15) is 0 Å². The minimum absolute atomic E-state index is 0.599. The zero-order valence-corrected chi connectivity index (χ0v) is 14.8. The zero-order chi connectivity index (χ0) is 17.6. The molecule has 0 amide bonds. The van der Waals surface area contributed by atoms with Crippen molar-refractivity contribution < 1.29 is 4.57 Å². The number of rotatable bonds is 5. The van der Waals surface area contributed by atoms with Gasteiger partial charge in [0, 0.05) is 18.3 Å². The molecule has 3 aromatic rings. The Morgan fingerprint density at radius 3 is 2.44 bits per heavy atom. The molecule has 0 radical (unpaired) electrons. The number of nitrogens with zero attached hydrogens (tertiary/aromatic N) is 2. The number of aromatic nitrogens is 2. The molecule has 0 spiro atoms. The van der Waals surface area contributed by atoms with E-state index in [1.54, 1.807) is 0 Å². The summed E-state index contributed by atoms with van der Waals surface area (Å²) in [7, 11) is 0. The Balaban J connectivity index is 1.97. The Kier molecular flexibility index (Phi) is 5.36. The van der Waals surface area contributed by atoms with E-state index in [1.165, 1.54) is 16.7 Å². The Bertz CT molecular complexity index is 897. The first-order valence-electron chi connectivity index (χ1n) is 8.57. The zero-order valence-electron chi connectivity index (χ0n) is 14.8. The highest BCUT2D eigenvalue weighted by Crippen LogP contribution is 2.17. The highest BCUT2D eigenvalue weighted by Gasteiger charge is 2.14. The topological polar surface area (TPSA) is 42.8 Å². The molecule has 3 heteroatoms. The number of pyridine rings is 2. The Morgan fingerprint density at radius 1 is 0.960 bits per heavy atom. The van der Waals surface area contributed by atoms with Crippen molar-refractivity contribution in [3.63, 3.8) is 0 Å². The lowest BCUT2D eigenvalue weighted by Gasteiger charge is -2.05. The molecule has 2 aromatic heterocycles. The van der Waals surface area contributed by atoms with Crippen LogP contribution in [0.1, 0.15) is 22.3 Å². The SMILES string of the molecule is Cc1cccc(/C=C/c2cc[n+](CCN)c(-c3cc(C)ccn3)c2)c1. The molecule has 126 valence electrons. The maximum atomic E-state index is 5.77. The van der Waals surface area contributed by atoms with Crippen LogP contribution in [0.25, 0.3) is 23.5 Å². The number of benzene rings is 1. The summed E-state index contributed by atoms with van der Waals surface area (Å²) in [4.78, 5) is 4.54. The Morgan fingerprint density at radius 2 is 1.72 bits per heavy atom. The third kappa shape index (κ3) is 4.40. The summed E-state index contributed by atoms with van der Waals surface area (Å²) in [6.45, 7) is 5.56. The van der Waals surface area contributed by atoms with E-state index < -0.39 is 0 Å². The molecule has 3 rings (SSSR count). The first-order chi connectivity index (χ1) is 12.2. The van der Waals surface area contributed by atoms with E-state index in [-0.39, 0.29) is 0 Å². The number of nitrogens with two attached hydrogens (primary N) is 1. The summed E-state index contributed by atoms with van der Waals surface area (Å²) in [6.07, 6.45) is 8.22. The largest absolute Gasteiger partial charge is 0.325 e. The van der Waals surface area contributed by atoms with E-state index >= 15 is 0 Å². The standard InChI is InChI=1S/C22H24N3/c1-17-4-3-5-19(14-17)6-7-20-9-12-25(13-10-23)22(16-20)21-15-18(2)8-11-24-21/h3-9,11-12,14-16H,10,13,23H2,1-2H3/q+1/b7-6+. The minimum atomic E-state index is 0.599. The van der Waals surface area contributed by atoms with Crippen molar-refractivity contribution in [1.29, 1.82) is 0 Å². The van der Waals surface area contributed by atoms with Crippen LogP contribution in [-0.4, -0.2) is 11.5 Å². The van der Waals surface area contributed by atoms with Crippen molar-refractivity contribution in [3.8, 4) is 11.4 Å². The average Bonchev–Trinajstić information content (AvgIpc) is 2.61. The molecule has 1 aromatic carbocycles. The van der Waals surface area contributed by atoms with Crippen LogP contribution in [0.15, 0.2) is 60.9 Å². The van der Waals surface area contributed by atoms with E-state index in [4.69, 9.17) is 5.73 Å². The van der Waals surface area contributed by atoms with Crippen molar-refractivity contribution in [2.45, 2.75) is 20.4 Å². The molecular formula is C22H24N3+. The highest BCUT2D eigenvalue weighted by atomic mass is 15.0. The van der Waals surface area contributed by atoms with Crippen LogP contribution in [0.4, 0.5) is 0 Å². The van der Waals surface area contributed by atoms with Crippen molar-refractivity contribution in [1.82, 2.24) is 4.98 Å². The third-order valence-electron chi connectivity index (χ3n) is 4.12. The number of hydrogen-bond donors (Lipinski definition) is 1. The Labute approximate surface area is 149 Å². The van der Waals surface area contributed by atoms with Gasteiger partial charge in [-0.3, -0.25) is 0 Å². The summed E-state index contributed by atoms with van der Waals surface area (Å²) >= 11 is 0. The van der Waals surface area contributed by atoms with Crippen molar-refractivity contribution in [2.24, 2.45) is 5.73 Å². The number of hydrogen-bond acceptors (Lipinski definition) is 2. The minimum Gasteiger partial charge on any atom is -0.325 e. The molecule has 0 unspecified atom stereocenters. The normalized spacial score (nSPS) is 11.2. The van der Waals surface area contributed by atoms with Crippen molar-refractivity contribution in [3.05, 3.63) is 83.2 Å². The van der Waals surface area contributed by atoms with Gasteiger partial charge < -0.3 is 5.73 Å². The van der Waals surface area contributed by atoms with Gasteiger partial charge in [-0.25, -0.2) is 4.98 Å². The van der Waals surface area contributed by atoms with Crippen LogP contribution in [0.2, 0.25) is 0 Å². The van der Waals surface area contributed by atoms with Gasteiger partial charge in [0.1, 0.15) is 5.69 Å². The van der Waals surface area contributed by atoms with Gasteiger partial charge in [0.25, 0.3) is 0 Å². The summed E-state index contributed by atoms with van der Waals surface area (Å²) in [5, 5.41) is 0. The molecule has 25 heavy (non-hydrogen) atoms. The summed E-state index contributed by atoms with van der Waals surface area (Å²) in [5.74, 6) is 0. The molecule has 0 atom stereocenters. The van der Waals surface area contributed by atoms with Gasteiger partial charge in [-0.1, -0.05) is 42.0 Å². The lowest BCUT2D eigenvalue weighted by atomic mass is 10.1. The fourth-order valence-corrected chi connectivity index (χ4v) is 2.85. The monoisotopic (exact) mass is 330 g/mol. The quantitative estimate of drug-likeness (QED) is 0.723. The van der Waals surface area contributed by atoms with Crippen LogP contribution in [0.5, 0.6) is 0 Å². The summed E-state index contributed by atoms with van der Waals surface area (Å²) in [6, 6.07) is 16.9. The molecule has 2 heterocycles. The molecule has 0 saturated carbocycles. The highest BCUT2D eigenvalue weighted by molar-refractivity contribution is 5.71. The van der Waals surface area contributed by atoms with Gasteiger partial charge in [-0.15, -0.1) is 0 Å². The summed E-state index contributed by atoms with van der Waals surface area (Å²) in [5.41, 5.74) is 12.6. The second-order valence-electron chi connectivity index (χ2n) is 6.29. The van der Waals surface area contributed by atoms with Crippen LogP contribution in [-0.2, 0) is 6.54 Å². The maximum Gasteiger partial charge on any atom is 0.231 e. The fraction of sp³-hybridized carbons (Fsp3) is 0.182. The lowest BCUT2D eigenvalue weighted by molar-refractivity contribution is -0.683. The van der Waals surface area contributed by atoms with E-state index in [0.717, 1.165) is 23.5 Å². The predicted molar refractivity (Wildman–Crippen MR) is 104 cm³/mol. The molecule has 0 aliphatic heterocycles. The van der Waals surface area contributed by atoms with Gasteiger partial charge in [-0.2, -0.15) is 4.57 Å². The van der Waals surface area contributed by atoms with Crippen molar-refractivity contribution in [2.75, 3.05) is 6.54 Å². The number of aryl methyl sites for hydroxylation is 2. The Hall–Kier alpha value is -2.78. The molecule has 0 fully saturated rings. The first kappa shape index (κ1) is 17.1. The second-order valence-corrected chi connectivity index (χ2v) is 6.29. The smallest absolute Gasteiger partial charge is 0.231 e. The maximum absolute atomic E-state index is 5.77. The van der Waals surface area contributed by atoms with Gasteiger partial charge in [-0.05, 0) is 42.7 Å². The van der Waals surface area contributed by atoms with Crippen LogP contribution < -0.4 is 10.3 Å². The average molecular weight is 330 g/mol. The molecule has 2 N–H and O–H groups in total. The molecule has 0 aliphatic rings. The van der Waals surface area contributed by atoms with Crippen LogP contribution >= 0.6 is 0 Å². The van der Waals surface area contributed by atoms with E-state index in [1.807, 2.05) is 12.3 Å². The lowest BCUT2D eigenvalue weighted by Crippen LogP contribution is -2.39. The first-order valence-corrected chi connectivity index (χ1v) is 8.57. The molecular weight excluding hydrogens is 306 g/mol. The van der Waals surface area contributed by atoms with Gasteiger partial charge in [0.2, 0.25) is 5.69 Å². The van der Waals surface area contributed by atoms with E-state index in [2.05, 4.69) is 84.2 Å². The van der Waals surface area contributed by atoms with Gasteiger partial charge in [0.15, 0.2) is 12.7 Å². The van der Waals surface area contributed by atoms with Crippen molar-refractivity contribution >= 4 is 12.2 Å².